The molecule has 0 unspecified atom stereocenters. The van der Waals surface area contributed by atoms with Gasteiger partial charge in [-0.2, -0.15) is 0 Å². The molecule has 1 amide bonds. The van der Waals surface area contributed by atoms with Gasteiger partial charge in [0.05, 0.1) is 5.60 Å². The van der Waals surface area contributed by atoms with E-state index in [0.717, 1.165) is 13.1 Å². The standard InChI is InChI=1S/C21H29NO2/c1-14(2)15-4-6-16(7-5-15)17-10-21(11-17)12-22(13-21)19(23)18-8-20(3,24)9-18/h4-7,14,17-18,24H,8-13H2,1-3H3/t18-,20+. The fraction of sp³-hybridized carbons (Fsp3) is 0.667. The predicted octanol–water partition coefficient (Wildman–Crippen LogP) is 3.68. The highest BCUT2D eigenvalue weighted by molar-refractivity contribution is 5.81. The summed E-state index contributed by atoms with van der Waals surface area (Å²) in [6, 6.07) is 9.13. The lowest BCUT2D eigenvalue weighted by Gasteiger charge is -2.60. The van der Waals surface area contributed by atoms with Crippen molar-refractivity contribution in [2.24, 2.45) is 11.3 Å². The average Bonchev–Trinajstić information content (AvgIpc) is 2.42. The summed E-state index contributed by atoms with van der Waals surface area (Å²) in [4.78, 5) is 14.4. The summed E-state index contributed by atoms with van der Waals surface area (Å²) in [6.45, 7) is 8.16. The molecule has 0 aromatic heterocycles. The van der Waals surface area contributed by atoms with E-state index < -0.39 is 5.60 Å². The number of likely N-dealkylation sites (tertiary alicyclic amines) is 1. The molecule has 3 nitrogen and oxygen atoms in total. The first kappa shape index (κ1) is 16.1. The number of hydrogen-bond donors (Lipinski definition) is 1. The number of aliphatic hydroxyl groups is 1. The summed E-state index contributed by atoms with van der Waals surface area (Å²) < 4.78 is 0. The molecule has 0 atom stereocenters. The highest BCUT2D eigenvalue weighted by Crippen LogP contribution is 2.56. The molecule has 0 radical (unpaired) electrons. The van der Waals surface area contributed by atoms with Gasteiger partial charge < -0.3 is 10.0 Å². The van der Waals surface area contributed by atoms with Crippen molar-refractivity contribution in [2.75, 3.05) is 13.1 Å². The van der Waals surface area contributed by atoms with E-state index in [1.54, 1.807) is 0 Å². The van der Waals surface area contributed by atoms with Crippen molar-refractivity contribution < 1.29 is 9.90 Å². The van der Waals surface area contributed by atoms with Gasteiger partial charge in [-0.25, -0.2) is 0 Å². The molecule has 1 N–H and O–H groups in total. The van der Waals surface area contributed by atoms with Gasteiger partial charge in [0.1, 0.15) is 0 Å². The molecule has 4 rings (SSSR count). The van der Waals surface area contributed by atoms with E-state index in [0.29, 0.717) is 30.1 Å². The number of carbonyl (C=O) groups is 1. The minimum atomic E-state index is -0.605. The predicted molar refractivity (Wildman–Crippen MR) is 94.9 cm³/mol. The van der Waals surface area contributed by atoms with E-state index in [9.17, 15) is 9.90 Å². The Morgan fingerprint density at radius 2 is 1.71 bits per heavy atom. The fourth-order valence-electron chi connectivity index (χ4n) is 4.99. The Balaban J connectivity index is 1.27. The maximum absolute atomic E-state index is 12.4. The number of nitrogens with zero attached hydrogens (tertiary/aromatic N) is 1. The van der Waals surface area contributed by atoms with Gasteiger partial charge in [-0.1, -0.05) is 38.1 Å². The summed E-state index contributed by atoms with van der Waals surface area (Å²) >= 11 is 0. The number of rotatable bonds is 3. The van der Waals surface area contributed by atoms with E-state index in [4.69, 9.17) is 0 Å². The van der Waals surface area contributed by atoms with Crippen LogP contribution < -0.4 is 0 Å². The Labute approximate surface area is 145 Å². The van der Waals surface area contributed by atoms with Crippen LogP contribution in [0.1, 0.15) is 69.4 Å². The summed E-state index contributed by atoms with van der Waals surface area (Å²) in [5.74, 6) is 1.60. The molecule has 1 aromatic carbocycles. The largest absolute Gasteiger partial charge is 0.390 e. The molecule has 1 saturated heterocycles. The van der Waals surface area contributed by atoms with Gasteiger partial charge in [-0.15, -0.1) is 0 Å². The zero-order valence-corrected chi connectivity index (χ0v) is 15.1. The third-order valence-corrected chi connectivity index (χ3v) is 6.52. The summed E-state index contributed by atoms with van der Waals surface area (Å²) in [6.07, 6.45) is 3.72. The van der Waals surface area contributed by atoms with Gasteiger partial charge in [-0.05, 0) is 55.6 Å². The molecule has 24 heavy (non-hydrogen) atoms. The van der Waals surface area contributed by atoms with Crippen molar-refractivity contribution in [3.8, 4) is 0 Å². The van der Waals surface area contributed by atoms with Gasteiger partial charge in [0.15, 0.2) is 0 Å². The van der Waals surface area contributed by atoms with Crippen LogP contribution in [0.4, 0.5) is 0 Å². The van der Waals surface area contributed by atoms with E-state index in [1.807, 2.05) is 11.8 Å². The summed E-state index contributed by atoms with van der Waals surface area (Å²) in [7, 11) is 0. The third kappa shape index (κ3) is 2.67. The molecule has 2 aliphatic carbocycles. The van der Waals surface area contributed by atoms with Crippen LogP contribution in [0.2, 0.25) is 0 Å². The van der Waals surface area contributed by atoms with Crippen LogP contribution in [0.25, 0.3) is 0 Å². The van der Waals surface area contributed by atoms with E-state index >= 15 is 0 Å². The van der Waals surface area contributed by atoms with Crippen molar-refractivity contribution in [2.45, 2.75) is 63.9 Å². The third-order valence-electron chi connectivity index (χ3n) is 6.52. The van der Waals surface area contributed by atoms with Crippen molar-refractivity contribution in [3.63, 3.8) is 0 Å². The van der Waals surface area contributed by atoms with Gasteiger partial charge >= 0.3 is 0 Å². The molecule has 2 saturated carbocycles. The van der Waals surface area contributed by atoms with Gasteiger partial charge in [0, 0.05) is 24.4 Å². The Morgan fingerprint density at radius 3 is 2.21 bits per heavy atom. The zero-order chi connectivity index (χ0) is 17.1. The second-order valence-corrected chi connectivity index (χ2v) is 9.22. The molecular weight excluding hydrogens is 298 g/mol. The van der Waals surface area contributed by atoms with Crippen molar-refractivity contribution in [1.82, 2.24) is 4.90 Å². The summed E-state index contributed by atoms with van der Waals surface area (Å²) in [5.41, 5.74) is 2.66. The molecule has 1 aliphatic heterocycles. The Kier molecular flexibility index (Phi) is 3.58. The second-order valence-electron chi connectivity index (χ2n) is 9.22. The minimum absolute atomic E-state index is 0.0665. The van der Waals surface area contributed by atoms with Crippen LogP contribution in [0.3, 0.4) is 0 Å². The molecule has 130 valence electrons. The van der Waals surface area contributed by atoms with Crippen LogP contribution in [0, 0.1) is 11.3 Å². The topological polar surface area (TPSA) is 40.5 Å². The highest BCUT2D eigenvalue weighted by atomic mass is 16.3. The molecule has 0 bridgehead atoms. The normalized spacial score (nSPS) is 31.5. The van der Waals surface area contributed by atoms with Crippen LogP contribution in [-0.4, -0.2) is 34.6 Å². The lowest BCUT2D eigenvalue weighted by Crippen LogP contribution is -2.65. The molecular formula is C21H29NO2. The highest BCUT2D eigenvalue weighted by Gasteiger charge is 2.55. The van der Waals surface area contributed by atoms with E-state index in [-0.39, 0.29) is 11.8 Å². The molecule has 3 heteroatoms. The Morgan fingerprint density at radius 1 is 1.12 bits per heavy atom. The molecule has 1 spiro atoms. The first-order valence-electron chi connectivity index (χ1n) is 9.38. The lowest BCUT2D eigenvalue weighted by atomic mass is 9.55. The quantitative estimate of drug-likeness (QED) is 0.920. The first-order valence-corrected chi connectivity index (χ1v) is 9.38. The van der Waals surface area contributed by atoms with Gasteiger partial charge in [0.25, 0.3) is 0 Å². The maximum atomic E-state index is 12.4. The van der Waals surface area contributed by atoms with Crippen LogP contribution in [0.15, 0.2) is 24.3 Å². The number of hydrogen-bond acceptors (Lipinski definition) is 2. The molecule has 3 aliphatic rings. The molecule has 1 aromatic rings. The zero-order valence-electron chi connectivity index (χ0n) is 15.1. The summed E-state index contributed by atoms with van der Waals surface area (Å²) in [5, 5.41) is 9.81. The fourth-order valence-corrected chi connectivity index (χ4v) is 4.99. The van der Waals surface area contributed by atoms with Crippen molar-refractivity contribution >= 4 is 5.91 Å². The second kappa shape index (κ2) is 5.32. The number of benzene rings is 1. The minimum Gasteiger partial charge on any atom is -0.390 e. The lowest BCUT2D eigenvalue weighted by molar-refractivity contribution is -0.168. The molecule has 3 fully saturated rings. The monoisotopic (exact) mass is 327 g/mol. The average molecular weight is 327 g/mol. The van der Waals surface area contributed by atoms with Crippen LogP contribution >= 0.6 is 0 Å². The van der Waals surface area contributed by atoms with Crippen LogP contribution in [-0.2, 0) is 4.79 Å². The van der Waals surface area contributed by atoms with E-state index in [1.165, 1.54) is 24.0 Å². The van der Waals surface area contributed by atoms with Crippen molar-refractivity contribution in [3.05, 3.63) is 35.4 Å². The maximum Gasteiger partial charge on any atom is 0.225 e. The molecule has 1 heterocycles. The SMILES string of the molecule is CC(C)c1ccc(C2CC3(C2)CN(C(=O)[C@H]2C[C@@](C)(O)C2)C3)cc1. The Hall–Kier alpha value is -1.35. The number of carbonyl (C=O) groups excluding carboxylic acids is 1. The van der Waals surface area contributed by atoms with Gasteiger partial charge in [0.2, 0.25) is 5.91 Å². The number of amides is 1. The smallest absolute Gasteiger partial charge is 0.225 e. The van der Waals surface area contributed by atoms with E-state index in [2.05, 4.69) is 38.1 Å². The first-order chi connectivity index (χ1) is 11.3. The van der Waals surface area contributed by atoms with Crippen molar-refractivity contribution in [1.29, 1.82) is 0 Å². The Bertz CT molecular complexity index is 624. The van der Waals surface area contributed by atoms with Gasteiger partial charge in [-0.3, -0.25) is 4.79 Å². The van der Waals surface area contributed by atoms with Crippen LogP contribution in [0.5, 0.6) is 0 Å².